The summed E-state index contributed by atoms with van der Waals surface area (Å²) in [5.41, 5.74) is -1.03. The van der Waals surface area contributed by atoms with E-state index in [1.165, 1.54) is 4.80 Å². The smallest absolute Gasteiger partial charge is 0.416 e. The number of rotatable bonds is 8. The summed E-state index contributed by atoms with van der Waals surface area (Å²) in [4.78, 5) is 17.8. The third kappa shape index (κ3) is 7.44. The maximum Gasteiger partial charge on any atom is 0.416 e. The zero-order valence-corrected chi connectivity index (χ0v) is 25.4. The molecule has 3 aromatic rings. The number of carbonyl (C=O) groups excluding carboxylic acids is 1. The minimum Gasteiger partial charge on any atom is -0.446 e. The summed E-state index contributed by atoms with van der Waals surface area (Å²) in [6.07, 6.45) is -10.1. The molecule has 2 aromatic carbocycles. The van der Waals surface area contributed by atoms with Gasteiger partial charge in [0.25, 0.3) is 5.95 Å². The SMILES string of the molecule is CC[C@@H]1C[C@H](N(Cc2cc(C(F)(F)F)cc(C(F)(F)F)c2)c2nnn(CC(C)C)n2)c2cc(C)ccc2N1C(=O)OC(C)C. The first-order valence-corrected chi connectivity index (χ1v) is 14.4. The molecule has 0 bridgehead atoms. The summed E-state index contributed by atoms with van der Waals surface area (Å²) in [6.45, 7) is 11.1. The van der Waals surface area contributed by atoms with E-state index in [0.717, 1.165) is 5.56 Å². The summed E-state index contributed by atoms with van der Waals surface area (Å²) in [5, 5.41) is 12.8. The van der Waals surface area contributed by atoms with Crippen LogP contribution in [0.25, 0.3) is 0 Å². The Kier molecular flexibility index (Phi) is 9.50. The van der Waals surface area contributed by atoms with Crippen molar-refractivity contribution in [3.05, 3.63) is 64.2 Å². The van der Waals surface area contributed by atoms with E-state index in [1.54, 1.807) is 29.7 Å². The van der Waals surface area contributed by atoms with Crippen LogP contribution in [0.4, 0.5) is 42.8 Å². The number of hydrogen-bond acceptors (Lipinski definition) is 6. The normalized spacial score (nSPS) is 17.3. The van der Waals surface area contributed by atoms with E-state index in [-0.39, 0.29) is 42.6 Å². The number of aryl methyl sites for hydroxylation is 1. The molecule has 0 saturated carbocycles. The van der Waals surface area contributed by atoms with Crippen LogP contribution >= 0.6 is 0 Å². The van der Waals surface area contributed by atoms with Gasteiger partial charge >= 0.3 is 18.4 Å². The summed E-state index contributed by atoms with van der Waals surface area (Å²) < 4.78 is 88.1. The molecule has 1 aromatic heterocycles. The van der Waals surface area contributed by atoms with Crippen LogP contribution in [0.3, 0.4) is 0 Å². The van der Waals surface area contributed by atoms with Gasteiger partial charge in [0.1, 0.15) is 0 Å². The highest BCUT2D eigenvalue weighted by molar-refractivity contribution is 5.90. The molecule has 4 rings (SSSR count). The fraction of sp³-hybridized carbons (Fsp3) is 0.533. The zero-order chi connectivity index (χ0) is 32.6. The molecule has 0 N–H and O–H groups in total. The lowest BCUT2D eigenvalue weighted by Gasteiger charge is -2.44. The predicted octanol–water partition coefficient (Wildman–Crippen LogP) is 7.96. The van der Waals surface area contributed by atoms with Gasteiger partial charge in [0.15, 0.2) is 0 Å². The number of alkyl halides is 6. The van der Waals surface area contributed by atoms with Crippen LogP contribution in [-0.2, 0) is 30.2 Å². The summed E-state index contributed by atoms with van der Waals surface area (Å²) in [7, 11) is 0. The summed E-state index contributed by atoms with van der Waals surface area (Å²) in [6, 6.07) is 5.95. The van der Waals surface area contributed by atoms with Crippen LogP contribution in [0, 0.1) is 12.8 Å². The molecular weight excluding hydrogens is 590 g/mol. The molecule has 44 heavy (non-hydrogen) atoms. The highest BCUT2D eigenvalue weighted by atomic mass is 19.4. The van der Waals surface area contributed by atoms with Crippen LogP contribution < -0.4 is 9.80 Å². The van der Waals surface area contributed by atoms with Crippen LogP contribution in [0.5, 0.6) is 0 Å². The number of anilines is 2. The predicted molar refractivity (Wildman–Crippen MR) is 152 cm³/mol. The van der Waals surface area contributed by atoms with Crippen molar-refractivity contribution in [2.75, 3.05) is 9.80 Å². The van der Waals surface area contributed by atoms with E-state index in [2.05, 4.69) is 15.4 Å². The number of nitrogens with zero attached hydrogens (tertiary/aromatic N) is 6. The quantitative estimate of drug-likeness (QED) is 0.236. The van der Waals surface area contributed by atoms with E-state index < -0.39 is 41.7 Å². The molecule has 14 heteroatoms. The Morgan fingerprint density at radius 1 is 1.02 bits per heavy atom. The van der Waals surface area contributed by atoms with Gasteiger partial charge in [0, 0.05) is 12.6 Å². The van der Waals surface area contributed by atoms with Gasteiger partial charge in [0.05, 0.1) is 35.5 Å². The second-order valence-electron chi connectivity index (χ2n) is 11.8. The molecule has 0 radical (unpaired) electrons. The molecule has 240 valence electrons. The zero-order valence-electron chi connectivity index (χ0n) is 25.4. The minimum absolute atomic E-state index is 0.0436. The molecule has 0 saturated heterocycles. The number of aromatic nitrogens is 4. The van der Waals surface area contributed by atoms with Crippen LogP contribution in [0.15, 0.2) is 36.4 Å². The Balaban J connectivity index is 1.89. The molecule has 1 aliphatic heterocycles. The molecule has 8 nitrogen and oxygen atoms in total. The van der Waals surface area contributed by atoms with Gasteiger partial charge in [-0.15, -0.1) is 5.10 Å². The molecule has 0 aliphatic carbocycles. The Morgan fingerprint density at radius 2 is 1.66 bits per heavy atom. The number of fused-ring (bicyclic) bond motifs is 1. The number of benzene rings is 2. The van der Waals surface area contributed by atoms with Crippen LogP contribution in [0.2, 0.25) is 0 Å². The Bertz CT molecular complexity index is 1440. The fourth-order valence-electron chi connectivity index (χ4n) is 5.38. The van der Waals surface area contributed by atoms with Crippen molar-refractivity contribution < 1.29 is 35.9 Å². The highest BCUT2D eigenvalue weighted by Crippen LogP contribution is 2.44. The lowest BCUT2D eigenvalue weighted by Crippen LogP contribution is -2.48. The first-order chi connectivity index (χ1) is 20.5. The summed E-state index contributed by atoms with van der Waals surface area (Å²) in [5.74, 6) is 0.188. The van der Waals surface area contributed by atoms with E-state index in [1.807, 2.05) is 39.8 Å². The number of hydrogen-bond donors (Lipinski definition) is 0. The standard InChI is InChI=1S/C30H36F6N6O2/c1-7-23-14-26(24-10-19(6)8-9-25(24)42(23)28(43)44-18(4)5)40(27-37-39-41(38-27)15-17(2)3)16-20-11-21(29(31,32)33)13-22(12-20)30(34,35)36/h8-13,17-18,23,26H,7,14-16H2,1-6H3/t23-,26+/m1/s1. The van der Waals surface area contributed by atoms with Gasteiger partial charge in [-0.2, -0.15) is 31.1 Å². The van der Waals surface area contributed by atoms with E-state index in [4.69, 9.17) is 4.74 Å². The summed E-state index contributed by atoms with van der Waals surface area (Å²) >= 11 is 0. The van der Waals surface area contributed by atoms with Crippen molar-refractivity contribution in [1.29, 1.82) is 0 Å². The molecule has 1 amide bonds. The van der Waals surface area contributed by atoms with Crippen LogP contribution in [0.1, 0.15) is 81.3 Å². The third-order valence-corrected chi connectivity index (χ3v) is 7.27. The maximum absolute atomic E-state index is 13.8. The average Bonchev–Trinajstić information content (AvgIpc) is 3.36. The highest BCUT2D eigenvalue weighted by Gasteiger charge is 2.41. The molecule has 0 spiro atoms. The third-order valence-electron chi connectivity index (χ3n) is 7.27. The Labute approximate surface area is 252 Å². The molecule has 2 heterocycles. The minimum atomic E-state index is -5.00. The van der Waals surface area contributed by atoms with Crippen molar-refractivity contribution in [2.45, 2.75) is 98.0 Å². The van der Waals surface area contributed by atoms with Crippen molar-refractivity contribution in [3.8, 4) is 0 Å². The van der Waals surface area contributed by atoms with Crippen molar-refractivity contribution >= 4 is 17.7 Å². The first-order valence-electron chi connectivity index (χ1n) is 14.4. The monoisotopic (exact) mass is 626 g/mol. The van der Waals surface area contributed by atoms with Gasteiger partial charge in [-0.05, 0) is 80.1 Å². The Hall–Kier alpha value is -3.84. The lowest BCUT2D eigenvalue weighted by molar-refractivity contribution is -0.143. The molecule has 2 atom stereocenters. The number of ether oxygens (including phenoxy) is 1. The molecular formula is C30H36F6N6O2. The Morgan fingerprint density at radius 3 is 2.20 bits per heavy atom. The fourth-order valence-corrected chi connectivity index (χ4v) is 5.38. The average molecular weight is 627 g/mol. The topological polar surface area (TPSA) is 76.4 Å². The van der Waals surface area contributed by atoms with E-state index in [0.29, 0.717) is 36.3 Å². The second-order valence-corrected chi connectivity index (χ2v) is 11.8. The van der Waals surface area contributed by atoms with E-state index in [9.17, 15) is 31.1 Å². The number of carbonyl (C=O) groups is 1. The van der Waals surface area contributed by atoms with Gasteiger partial charge in [0.2, 0.25) is 0 Å². The maximum atomic E-state index is 13.8. The number of amides is 1. The van der Waals surface area contributed by atoms with E-state index >= 15 is 0 Å². The van der Waals surface area contributed by atoms with Crippen LogP contribution in [-0.4, -0.2) is 38.4 Å². The van der Waals surface area contributed by atoms with Gasteiger partial charge in [-0.25, -0.2) is 4.79 Å². The van der Waals surface area contributed by atoms with Crippen molar-refractivity contribution in [1.82, 2.24) is 20.2 Å². The van der Waals surface area contributed by atoms with Gasteiger partial charge in [-0.3, -0.25) is 4.90 Å². The van der Waals surface area contributed by atoms with Gasteiger partial charge in [-0.1, -0.05) is 43.6 Å². The number of tetrazole rings is 1. The number of halogens is 6. The lowest BCUT2D eigenvalue weighted by atomic mass is 9.87. The first kappa shape index (κ1) is 33.1. The second kappa shape index (κ2) is 12.6. The van der Waals surface area contributed by atoms with Crippen molar-refractivity contribution in [3.63, 3.8) is 0 Å². The largest absolute Gasteiger partial charge is 0.446 e. The van der Waals surface area contributed by atoms with Gasteiger partial charge < -0.3 is 9.64 Å². The molecule has 0 unspecified atom stereocenters. The van der Waals surface area contributed by atoms with Crippen molar-refractivity contribution in [2.24, 2.45) is 5.92 Å². The molecule has 0 fully saturated rings. The molecule has 1 aliphatic rings.